The van der Waals surface area contributed by atoms with E-state index >= 15 is 0 Å². The van der Waals surface area contributed by atoms with Crippen molar-refractivity contribution in [2.75, 3.05) is 12.9 Å². The summed E-state index contributed by atoms with van der Waals surface area (Å²) in [5.41, 5.74) is 3.00. The molecule has 0 bridgehead atoms. The van der Waals surface area contributed by atoms with Crippen LogP contribution >= 0.6 is 11.8 Å². The van der Waals surface area contributed by atoms with Gasteiger partial charge in [-0.15, -0.1) is 11.8 Å². The number of benzene rings is 4. The van der Waals surface area contributed by atoms with Gasteiger partial charge in [0.25, 0.3) is 5.79 Å². The van der Waals surface area contributed by atoms with Crippen LogP contribution in [-0.4, -0.2) is 36.6 Å². The Morgan fingerprint density at radius 3 is 1.61 bits per heavy atom. The summed E-state index contributed by atoms with van der Waals surface area (Å²) in [7, 11) is 1.32. The van der Waals surface area contributed by atoms with Crippen molar-refractivity contribution in [2.45, 2.75) is 43.6 Å². The molecular weight excluding hydrogens is 572 g/mol. The largest absolute Gasteiger partial charge is 0.465 e. The fourth-order valence-electron chi connectivity index (χ4n) is 5.78. The fraction of sp³-hybridized carbons (Fsp3) is 0.270. The van der Waals surface area contributed by atoms with Gasteiger partial charge in [0.05, 0.1) is 17.4 Å². The van der Waals surface area contributed by atoms with Gasteiger partial charge in [0.1, 0.15) is 0 Å². The zero-order valence-corrected chi connectivity index (χ0v) is 26.0. The molecule has 1 aliphatic heterocycles. The first-order valence-electron chi connectivity index (χ1n) is 14.6. The second-order valence-electron chi connectivity index (χ2n) is 11.4. The molecule has 1 saturated heterocycles. The summed E-state index contributed by atoms with van der Waals surface area (Å²) in [4.78, 5) is 39.2. The Morgan fingerprint density at radius 2 is 1.18 bits per heavy atom. The minimum atomic E-state index is -1.52. The maximum absolute atomic E-state index is 13.6. The molecule has 7 heteroatoms. The summed E-state index contributed by atoms with van der Waals surface area (Å²) in [6.07, 6.45) is 0.874. The first-order chi connectivity index (χ1) is 21.2. The van der Waals surface area contributed by atoms with E-state index in [1.54, 1.807) is 49.9 Å². The van der Waals surface area contributed by atoms with Crippen molar-refractivity contribution < 1.29 is 28.6 Å². The van der Waals surface area contributed by atoms with Crippen molar-refractivity contribution in [3.63, 3.8) is 0 Å². The zero-order chi connectivity index (χ0) is 31.2. The van der Waals surface area contributed by atoms with E-state index in [0.29, 0.717) is 23.3 Å². The first kappa shape index (κ1) is 31.1. The predicted molar refractivity (Wildman–Crippen MR) is 171 cm³/mol. The molecule has 1 fully saturated rings. The lowest BCUT2D eigenvalue weighted by Crippen LogP contribution is -2.55. The molecular formula is C37H36O6S. The average Bonchev–Trinajstić information content (AvgIpc) is 3.04. The molecule has 226 valence electrons. The predicted octanol–water partition coefficient (Wildman–Crippen LogP) is 7.34. The topological polar surface area (TPSA) is 78.9 Å². The van der Waals surface area contributed by atoms with Crippen LogP contribution in [0.5, 0.6) is 0 Å². The quantitative estimate of drug-likeness (QED) is 0.0763. The van der Waals surface area contributed by atoms with E-state index in [2.05, 4.69) is 36.4 Å². The molecule has 1 aliphatic rings. The minimum absolute atomic E-state index is 0.0913. The minimum Gasteiger partial charge on any atom is -0.465 e. The normalized spacial score (nSPS) is 15.6. The fourth-order valence-corrected chi connectivity index (χ4v) is 7.28. The van der Waals surface area contributed by atoms with E-state index in [1.165, 1.54) is 7.11 Å². The molecule has 0 amide bonds. The van der Waals surface area contributed by atoms with Crippen LogP contribution in [0, 0.1) is 5.41 Å². The summed E-state index contributed by atoms with van der Waals surface area (Å²) >= 11 is 1.78. The number of ether oxygens (including phenoxy) is 3. The second-order valence-corrected chi connectivity index (χ2v) is 12.7. The van der Waals surface area contributed by atoms with Gasteiger partial charge in [-0.05, 0) is 59.4 Å². The van der Waals surface area contributed by atoms with E-state index in [0.717, 1.165) is 16.7 Å². The van der Waals surface area contributed by atoms with Crippen LogP contribution in [0.1, 0.15) is 59.3 Å². The molecule has 44 heavy (non-hydrogen) atoms. The summed E-state index contributed by atoms with van der Waals surface area (Å²) in [5, 5.41) is 0. The molecule has 5 rings (SSSR count). The van der Waals surface area contributed by atoms with Crippen LogP contribution in [0.15, 0.2) is 115 Å². The van der Waals surface area contributed by atoms with E-state index in [-0.39, 0.29) is 12.8 Å². The Hall–Kier alpha value is -4.36. The summed E-state index contributed by atoms with van der Waals surface area (Å²) in [5.74, 6) is -2.35. The standard InChI is InChI=1S/C37H36O6S/c1-35(2)42-33(39)36(34(40)43-35,26-27-20-22-28(23-21-27)32(38)41-3)24-13-25-44-37(29-14-7-4-8-15-29,30-16-9-5-10-17-30)31-18-11-6-12-19-31/h4-12,14-23H,13,24-26H2,1-3H3. The number of thioether (sulfide) groups is 1. The highest BCUT2D eigenvalue weighted by molar-refractivity contribution is 8.00. The molecule has 4 aromatic rings. The highest BCUT2D eigenvalue weighted by Gasteiger charge is 2.55. The van der Waals surface area contributed by atoms with Crippen molar-refractivity contribution in [3.05, 3.63) is 143 Å². The number of hydrogen-bond donors (Lipinski definition) is 0. The van der Waals surface area contributed by atoms with Gasteiger partial charge in [0, 0.05) is 13.8 Å². The summed E-state index contributed by atoms with van der Waals surface area (Å²) < 4.78 is 15.6. The molecule has 6 nitrogen and oxygen atoms in total. The van der Waals surface area contributed by atoms with Gasteiger partial charge in [-0.2, -0.15) is 0 Å². The number of hydrogen-bond acceptors (Lipinski definition) is 7. The smallest absolute Gasteiger partial charge is 0.337 e. The molecule has 1 heterocycles. The third-order valence-electron chi connectivity index (χ3n) is 7.95. The number of carbonyl (C=O) groups excluding carboxylic acids is 3. The van der Waals surface area contributed by atoms with Gasteiger partial charge in [-0.1, -0.05) is 103 Å². The van der Waals surface area contributed by atoms with Crippen LogP contribution < -0.4 is 0 Å². The highest BCUT2D eigenvalue weighted by atomic mass is 32.2. The molecule has 0 aromatic heterocycles. The average molecular weight is 609 g/mol. The second kappa shape index (κ2) is 13.1. The maximum Gasteiger partial charge on any atom is 0.337 e. The molecule has 0 N–H and O–H groups in total. The van der Waals surface area contributed by atoms with Crippen LogP contribution in [0.25, 0.3) is 0 Å². The molecule has 0 unspecified atom stereocenters. The van der Waals surface area contributed by atoms with Gasteiger partial charge in [0.2, 0.25) is 0 Å². The molecule has 0 atom stereocenters. The van der Waals surface area contributed by atoms with E-state index in [1.807, 2.05) is 54.6 Å². The number of rotatable bonds is 11. The Morgan fingerprint density at radius 1 is 0.727 bits per heavy atom. The van der Waals surface area contributed by atoms with Crippen molar-refractivity contribution >= 4 is 29.7 Å². The van der Waals surface area contributed by atoms with Crippen molar-refractivity contribution in [1.82, 2.24) is 0 Å². The Bertz CT molecular complexity index is 1470. The number of esters is 3. The molecule has 0 spiro atoms. The summed E-state index contributed by atoms with van der Waals surface area (Å²) in [6.45, 7) is 3.11. The summed E-state index contributed by atoms with van der Waals surface area (Å²) in [6, 6.07) is 37.9. The van der Waals surface area contributed by atoms with Crippen LogP contribution in [0.3, 0.4) is 0 Å². The molecule has 0 aliphatic carbocycles. The Kier molecular flexibility index (Phi) is 9.25. The number of cyclic esters (lactones) is 2. The van der Waals surface area contributed by atoms with Gasteiger partial charge in [-0.25, -0.2) is 4.79 Å². The monoisotopic (exact) mass is 608 g/mol. The highest BCUT2D eigenvalue weighted by Crippen LogP contribution is 2.49. The van der Waals surface area contributed by atoms with Crippen LogP contribution in [-0.2, 0) is 35.0 Å². The van der Waals surface area contributed by atoms with Gasteiger partial charge < -0.3 is 14.2 Å². The van der Waals surface area contributed by atoms with E-state index in [4.69, 9.17) is 14.2 Å². The lowest BCUT2D eigenvalue weighted by Gasteiger charge is -2.40. The number of methoxy groups -OCH3 is 1. The molecule has 0 radical (unpaired) electrons. The zero-order valence-electron chi connectivity index (χ0n) is 25.2. The van der Waals surface area contributed by atoms with Crippen LogP contribution in [0.4, 0.5) is 0 Å². The lowest BCUT2D eigenvalue weighted by atomic mass is 9.77. The Labute approximate surface area is 262 Å². The number of carbonyl (C=O) groups is 3. The van der Waals surface area contributed by atoms with Gasteiger partial charge >= 0.3 is 17.9 Å². The van der Waals surface area contributed by atoms with Gasteiger partial charge in [0.15, 0.2) is 5.41 Å². The molecule has 0 saturated carbocycles. The third-order valence-corrected chi connectivity index (χ3v) is 9.58. The van der Waals surface area contributed by atoms with Crippen molar-refractivity contribution in [3.8, 4) is 0 Å². The maximum atomic E-state index is 13.6. The van der Waals surface area contributed by atoms with E-state index < -0.39 is 33.9 Å². The van der Waals surface area contributed by atoms with E-state index in [9.17, 15) is 14.4 Å². The molecule has 4 aromatic carbocycles. The third kappa shape index (κ3) is 6.29. The first-order valence-corrected chi connectivity index (χ1v) is 15.6. The van der Waals surface area contributed by atoms with Crippen LogP contribution in [0.2, 0.25) is 0 Å². The lowest BCUT2D eigenvalue weighted by molar-refractivity contribution is -0.251. The van der Waals surface area contributed by atoms with Crippen molar-refractivity contribution in [2.24, 2.45) is 5.41 Å². The van der Waals surface area contributed by atoms with Crippen molar-refractivity contribution in [1.29, 1.82) is 0 Å². The Balaban J connectivity index is 1.45. The van der Waals surface area contributed by atoms with Gasteiger partial charge in [-0.3, -0.25) is 9.59 Å². The SMILES string of the molecule is COC(=O)c1ccc(CC2(CCCSC(c3ccccc3)(c3ccccc3)c3ccccc3)C(=O)OC(C)(C)OC2=O)cc1.